The molecular formula is C28H46O3. The molecule has 0 aromatic heterocycles. The summed E-state index contributed by atoms with van der Waals surface area (Å²) in [6, 6.07) is 0. The zero-order valence-corrected chi connectivity index (χ0v) is 20.5. The quantitative estimate of drug-likeness (QED) is 0.488. The van der Waals surface area contributed by atoms with Crippen molar-refractivity contribution in [3.63, 3.8) is 0 Å². The third-order valence-electron chi connectivity index (χ3n) is 8.97. The summed E-state index contributed by atoms with van der Waals surface area (Å²) in [5.74, 6) is 1.94. The second-order valence-corrected chi connectivity index (χ2v) is 11.8. The summed E-state index contributed by atoms with van der Waals surface area (Å²) in [6.07, 6.45) is 13.4. The summed E-state index contributed by atoms with van der Waals surface area (Å²) < 4.78 is 0. The van der Waals surface area contributed by atoms with E-state index in [0.717, 1.165) is 36.3 Å². The largest absolute Gasteiger partial charge is 0.392 e. The van der Waals surface area contributed by atoms with E-state index in [1.54, 1.807) is 5.57 Å². The molecule has 0 saturated heterocycles. The van der Waals surface area contributed by atoms with Crippen LogP contribution in [0.15, 0.2) is 35.5 Å². The first-order chi connectivity index (χ1) is 14.4. The van der Waals surface area contributed by atoms with Gasteiger partial charge in [-0.3, -0.25) is 0 Å². The SMILES string of the molecule is C=C1/C(=C\C=C2CCC[C@@]3(C)C2CC[C@@H]3[C@H](C)CCCC(C)(C)O)C[C@H](O)[C@H](C)[C@@H]1O. The van der Waals surface area contributed by atoms with Crippen molar-refractivity contribution in [1.82, 2.24) is 0 Å². The van der Waals surface area contributed by atoms with Gasteiger partial charge < -0.3 is 15.3 Å². The standard InChI is InChI=1S/C28H46O3/c1-18(9-7-15-27(4,5)31)23-13-14-24-21(10-8-16-28(23,24)6)11-12-22-17-25(29)20(3)26(30)19(22)2/h11-12,18,20,23-26,29-31H,2,7-10,13-17H2,1,3-6H3/b21-11?,22-12-/t18-,20+,23-,24?,25+,26-,28-/m1/s1. The molecule has 0 heterocycles. The lowest BCUT2D eigenvalue weighted by Crippen LogP contribution is -2.36. The van der Waals surface area contributed by atoms with E-state index in [1.807, 2.05) is 20.8 Å². The molecule has 0 aliphatic heterocycles. The highest BCUT2D eigenvalue weighted by molar-refractivity contribution is 5.39. The van der Waals surface area contributed by atoms with Crippen LogP contribution >= 0.6 is 0 Å². The molecule has 0 amide bonds. The van der Waals surface area contributed by atoms with Crippen LogP contribution < -0.4 is 0 Å². The molecule has 7 atom stereocenters. The molecule has 3 saturated carbocycles. The van der Waals surface area contributed by atoms with Gasteiger partial charge in [0.15, 0.2) is 0 Å². The van der Waals surface area contributed by atoms with Crippen molar-refractivity contribution in [3.8, 4) is 0 Å². The Morgan fingerprint density at radius 2 is 1.94 bits per heavy atom. The van der Waals surface area contributed by atoms with Gasteiger partial charge in [-0.1, -0.05) is 57.9 Å². The van der Waals surface area contributed by atoms with Gasteiger partial charge in [-0.05, 0) is 93.1 Å². The predicted molar refractivity (Wildman–Crippen MR) is 129 cm³/mol. The minimum atomic E-state index is -0.648. The molecule has 0 radical (unpaired) electrons. The second-order valence-electron chi connectivity index (χ2n) is 11.8. The number of aliphatic hydroxyl groups excluding tert-OH is 2. The maximum Gasteiger partial charge on any atom is 0.0837 e. The fourth-order valence-corrected chi connectivity index (χ4v) is 6.91. The van der Waals surface area contributed by atoms with Gasteiger partial charge in [0, 0.05) is 5.92 Å². The molecule has 31 heavy (non-hydrogen) atoms. The summed E-state index contributed by atoms with van der Waals surface area (Å²) in [6.45, 7) is 14.8. The van der Waals surface area contributed by atoms with Crippen molar-refractivity contribution in [3.05, 3.63) is 35.5 Å². The molecule has 0 spiro atoms. The fraction of sp³-hybridized carbons (Fsp3) is 0.786. The molecule has 0 aromatic rings. The molecular weight excluding hydrogens is 384 g/mol. The normalized spacial score (nSPS) is 40.4. The summed E-state index contributed by atoms with van der Waals surface area (Å²) >= 11 is 0. The molecule has 3 nitrogen and oxygen atoms in total. The van der Waals surface area contributed by atoms with Crippen LogP contribution in [0, 0.1) is 29.1 Å². The minimum Gasteiger partial charge on any atom is -0.392 e. The van der Waals surface area contributed by atoms with Crippen LogP contribution in [0.25, 0.3) is 0 Å². The first-order valence-electron chi connectivity index (χ1n) is 12.6. The van der Waals surface area contributed by atoms with E-state index in [0.29, 0.717) is 23.7 Å². The van der Waals surface area contributed by atoms with Crippen LogP contribution in [-0.4, -0.2) is 33.1 Å². The molecule has 3 N–H and O–H groups in total. The lowest BCUT2D eigenvalue weighted by molar-refractivity contribution is 0.0283. The van der Waals surface area contributed by atoms with Crippen LogP contribution in [0.1, 0.15) is 92.4 Å². The van der Waals surface area contributed by atoms with Crippen molar-refractivity contribution in [1.29, 1.82) is 0 Å². The Morgan fingerprint density at radius 1 is 1.23 bits per heavy atom. The van der Waals surface area contributed by atoms with Gasteiger partial charge in [0.05, 0.1) is 17.8 Å². The second kappa shape index (κ2) is 9.53. The van der Waals surface area contributed by atoms with E-state index >= 15 is 0 Å². The molecule has 3 aliphatic carbocycles. The Kier molecular flexibility index (Phi) is 7.61. The zero-order valence-electron chi connectivity index (χ0n) is 20.5. The molecule has 3 aliphatic rings. The first kappa shape index (κ1) is 24.7. The van der Waals surface area contributed by atoms with Gasteiger partial charge in [0.2, 0.25) is 0 Å². The van der Waals surface area contributed by atoms with E-state index in [9.17, 15) is 15.3 Å². The average Bonchev–Trinajstić information content (AvgIpc) is 3.04. The fourth-order valence-electron chi connectivity index (χ4n) is 6.91. The Bertz CT molecular complexity index is 712. The number of aliphatic hydroxyl groups is 3. The Hall–Kier alpha value is -0.900. The third-order valence-corrected chi connectivity index (χ3v) is 8.97. The van der Waals surface area contributed by atoms with Crippen molar-refractivity contribution in [2.45, 2.75) is 110 Å². The lowest BCUT2D eigenvalue weighted by Gasteiger charge is -2.44. The summed E-state index contributed by atoms with van der Waals surface area (Å²) in [4.78, 5) is 0. The Labute approximate surface area is 190 Å². The lowest BCUT2D eigenvalue weighted by atomic mass is 9.60. The number of fused-ring (bicyclic) bond motifs is 1. The van der Waals surface area contributed by atoms with Gasteiger partial charge in [0.1, 0.15) is 0 Å². The topological polar surface area (TPSA) is 60.7 Å². The van der Waals surface area contributed by atoms with E-state index in [1.165, 1.54) is 32.1 Å². The summed E-state index contributed by atoms with van der Waals surface area (Å²) in [5.41, 5.74) is 3.15. The van der Waals surface area contributed by atoms with Gasteiger partial charge in [-0.2, -0.15) is 0 Å². The molecule has 1 unspecified atom stereocenters. The number of hydrogen-bond donors (Lipinski definition) is 3. The zero-order chi connectivity index (χ0) is 23.0. The van der Waals surface area contributed by atoms with Gasteiger partial charge in [0.25, 0.3) is 0 Å². The monoisotopic (exact) mass is 430 g/mol. The Balaban J connectivity index is 1.71. The number of allylic oxidation sites excluding steroid dienone is 3. The molecule has 176 valence electrons. The van der Waals surface area contributed by atoms with Crippen LogP contribution in [-0.2, 0) is 0 Å². The van der Waals surface area contributed by atoms with Gasteiger partial charge >= 0.3 is 0 Å². The average molecular weight is 431 g/mol. The highest BCUT2D eigenvalue weighted by Gasteiger charge is 2.50. The molecule has 3 fully saturated rings. The van der Waals surface area contributed by atoms with Crippen LogP contribution in [0.5, 0.6) is 0 Å². The molecule has 3 rings (SSSR count). The molecule has 0 bridgehead atoms. The highest BCUT2D eigenvalue weighted by atomic mass is 16.3. The summed E-state index contributed by atoms with van der Waals surface area (Å²) in [5, 5.41) is 30.7. The number of hydrogen-bond acceptors (Lipinski definition) is 3. The first-order valence-corrected chi connectivity index (χ1v) is 12.6. The molecule has 3 heteroatoms. The van der Waals surface area contributed by atoms with Crippen molar-refractivity contribution >= 4 is 0 Å². The van der Waals surface area contributed by atoms with Crippen molar-refractivity contribution in [2.24, 2.45) is 29.1 Å². The predicted octanol–water partition coefficient (Wildman–Crippen LogP) is 5.95. The minimum absolute atomic E-state index is 0.149. The van der Waals surface area contributed by atoms with Crippen molar-refractivity contribution in [2.75, 3.05) is 0 Å². The van der Waals surface area contributed by atoms with E-state index in [-0.39, 0.29) is 5.92 Å². The van der Waals surface area contributed by atoms with Gasteiger partial charge in [-0.25, -0.2) is 0 Å². The van der Waals surface area contributed by atoms with Crippen molar-refractivity contribution < 1.29 is 15.3 Å². The van der Waals surface area contributed by atoms with Gasteiger partial charge in [-0.15, -0.1) is 0 Å². The van der Waals surface area contributed by atoms with E-state index < -0.39 is 17.8 Å². The maximum absolute atomic E-state index is 10.4. The van der Waals surface area contributed by atoms with E-state index in [2.05, 4.69) is 32.6 Å². The van der Waals surface area contributed by atoms with Crippen LogP contribution in [0.2, 0.25) is 0 Å². The number of rotatable bonds is 6. The Morgan fingerprint density at radius 3 is 2.61 bits per heavy atom. The summed E-state index contributed by atoms with van der Waals surface area (Å²) in [7, 11) is 0. The maximum atomic E-state index is 10.4. The smallest absolute Gasteiger partial charge is 0.0837 e. The van der Waals surface area contributed by atoms with Crippen LogP contribution in [0.3, 0.4) is 0 Å². The third kappa shape index (κ3) is 5.37. The van der Waals surface area contributed by atoms with Crippen LogP contribution in [0.4, 0.5) is 0 Å². The van der Waals surface area contributed by atoms with E-state index in [4.69, 9.17) is 0 Å². The molecule has 0 aromatic carbocycles. The highest BCUT2D eigenvalue weighted by Crippen LogP contribution is 2.60.